The van der Waals surface area contributed by atoms with Gasteiger partial charge in [0.05, 0.1) is 12.1 Å². The van der Waals surface area contributed by atoms with Crippen molar-refractivity contribution in [3.63, 3.8) is 0 Å². The van der Waals surface area contributed by atoms with Crippen molar-refractivity contribution in [2.75, 3.05) is 5.75 Å². The zero-order chi connectivity index (χ0) is 11.5. The summed E-state index contributed by atoms with van der Waals surface area (Å²) < 4.78 is 0. The third kappa shape index (κ3) is 2.61. The molecule has 90 valence electrons. The number of amides is 2. The first kappa shape index (κ1) is 11.6. The van der Waals surface area contributed by atoms with Gasteiger partial charge >= 0.3 is 12.0 Å². The first-order valence-electron chi connectivity index (χ1n) is 5.57. The predicted molar refractivity (Wildman–Crippen MR) is 61.6 cm³/mol. The summed E-state index contributed by atoms with van der Waals surface area (Å²) in [5, 5.41) is 14.8. The van der Waals surface area contributed by atoms with E-state index in [-0.39, 0.29) is 24.5 Å². The van der Waals surface area contributed by atoms with E-state index in [9.17, 15) is 9.59 Å². The molecule has 6 heteroatoms. The molecule has 0 bridgehead atoms. The Hall–Kier alpha value is -0.910. The number of urea groups is 1. The van der Waals surface area contributed by atoms with Crippen LogP contribution in [0.5, 0.6) is 0 Å². The summed E-state index contributed by atoms with van der Waals surface area (Å²) in [7, 11) is 0. The molecule has 3 atom stereocenters. The molecule has 16 heavy (non-hydrogen) atoms. The minimum Gasteiger partial charge on any atom is -0.481 e. The molecule has 5 nitrogen and oxygen atoms in total. The number of aliphatic carboxylic acids is 1. The van der Waals surface area contributed by atoms with E-state index in [2.05, 4.69) is 10.6 Å². The van der Waals surface area contributed by atoms with Gasteiger partial charge in [0.1, 0.15) is 0 Å². The molecule has 2 aliphatic rings. The molecular weight excluding hydrogens is 230 g/mol. The predicted octanol–water partition coefficient (Wildman–Crippen LogP) is 0.797. The quantitative estimate of drug-likeness (QED) is 0.495. The fraction of sp³-hybridized carbons (Fsp3) is 0.800. The zero-order valence-electron chi connectivity index (χ0n) is 8.94. The molecule has 0 saturated carbocycles. The van der Waals surface area contributed by atoms with Gasteiger partial charge in [-0.2, -0.15) is 11.8 Å². The van der Waals surface area contributed by atoms with Crippen LogP contribution in [-0.2, 0) is 4.79 Å². The number of carbonyl (C=O) groups is 2. The minimum absolute atomic E-state index is 0.0640. The minimum atomic E-state index is -0.729. The lowest BCUT2D eigenvalue weighted by Crippen LogP contribution is -2.36. The number of hydrogen-bond donors (Lipinski definition) is 3. The lowest BCUT2D eigenvalue weighted by atomic mass is 10.0. The Morgan fingerprint density at radius 2 is 2.25 bits per heavy atom. The lowest BCUT2D eigenvalue weighted by molar-refractivity contribution is -0.137. The Kier molecular flexibility index (Phi) is 3.58. The van der Waals surface area contributed by atoms with E-state index in [1.807, 2.05) is 11.8 Å². The van der Waals surface area contributed by atoms with Crippen LogP contribution in [0.3, 0.4) is 0 Å². The topological polar surface area (TPSA) is 78.4 Å². The van der Waals surface area contributed by atoms with Gasteiger partial charge in [-0.15, -0.1) is 0 Å². The molecule has 2 amide bonds. The zero-order valence-corrected chi connectivity index (χ0v) is 9.76. The Balaban J connectivity index is 1.70. The lowest BCUT2D eigenvalue weighted by Gasteiger charge is -2.16. The third-order valence-corrected chi connectivity index (χ3v) is 4.58. The first-order chi connectivity index (χ1) is 7.66. The van der Waals surface area contributed by atoms with E-state index in [1.165, 1.54) is 0 Å². The van der Waals surface area contributed by atoms with Gasteiger partial charge < -0.3 is 15.7 Å². The van der Waals surface area contributed by atoms with E-state index in [4.69, 9.17) is 5.11 Å². The maximum Gasteiger partial charge on any atom is 0.315 e. The molecule has 0 aromatic heterocycles. The number of nitrogens with one attached hydrogen (secondary N) is 2. The maximum absolute atomic E-state index is 11.1. The van der Waals surface area contributed by atoms with Crippen LogP contribution in [0.15, 0.2) is 0 Å². The fourth-order valence-electron chi connectivity index (χ4n) is 2.26. The van der Waals surface area contributed by atoms with Crippen molar-refractivity contribution >= 4 is 23.8 Å². The van der Waals surface area contributed by atoms with Gasteiger partial charge in [-0.05, 0) is 12.8 Å². The summed E-state index contributed by atoms with van der Waals surface area (Å²) in [6, 6.07) is 0.440. The highest BCUT2D eigenvalue weighted by molar-refractivity contribution is 8.00. The number of rotatable bonds is 5. The van der Waals surface area contributed by atoms with Gasteiger partial charge in [-0.1, -0.05) is 6.42 Å². The highest BCUT2D eigenvalue weighted by Gasteiger charge is 2.42. The molecule has 0 unspecified atom stereocenters. The van der Waals surface area contributed by atoms with Gasteiger partial charge in [0.25, 0.3) is 0 Å². The van der Waals surface area contributed by atoms with Gasteiger partial charge in [0.15, 0.2) is 0 Å². The highest BCUT2D eigenvalue weighted by Crippen LogP contribution is 2.33. The standard InChI is InChI=1S/C10H16N2O3S/c13-8(14)4-2-1-3-7-9-6(5-16-7)11-10(15)12-9/h6-7,9H,1-5H2,(H,13,14)(H2,11,12,15)/t6-,7-,9-/m0/s1/i8+2. The summed E-state index contributed by atoms with van der Waals surface area (Å²) in [6.07, 6.45) is 2.88. The molecule has 0 aromatic rings. The van der Waals surface area contributed by atoms with Crippen molar-refractivity contribution in [1.82, 2.24) is 10.6 Å². The van der Waals surface area contributed by atoms with Gasteiger partial charge in [-0.3, -0.25) is 4.79 Å². The highest BCUT2D eigenvalue weighted by atomic mass is 32.2. The van der Waals surface area contributed by atoms with Crippen LogP contribution in [0.4, 0.5) is 4.79 Å². The number of hydrogen-bond acceptors (Lipinski definition) is 3. The Morgan fingerprint density at radius 3 is 3.00 bits per heavy atom. The summed E-state index contributed by atoms with van der Waals surface area (Å²) in [6.45, 7) is 0. The summed E-state index contributed by atoms with van der Waals surface area (Å²) >= 11 is 1.87. The van der Waals surface area contributed by atoms with Crippen LogP contribution in [0.25, 0.3) is 0 Å². The van der Waals surface area contributed by atoms with Gasteiger partial charge in [-0.25, -0.2) is 4.79 Å². The van der Waals surface area contributed by atoms with Crippen LogP contribution in [0, 0.1) is 0 Å². The molecular formula is C10H16N2O3S. The number of carboxylic acid groups (broad SMARTS) is 1. The summed E-state index contributed by atoms with van der Waals surface area (Å²) in [5.41, 5.74) is 0. The van der Waals surface area contributed by atoms with Crippen LogP contribution in [-0.4, -0.2) is 40.2 Å². The van der Waals surface area contributed by atoms with E-state index in [0.29, 0.717) is 5.25 Å². The Bertz CT molecular complexity index is 298. The van der Waals surface area contributed by atoms with Crippen molar-refractivity contribution in [1.29, 1.82) is 0 Å². The SMILES string of the molecule is O=C1N[C@H]2[C@H](CS[C@H]2CCCC[14C](=O)O)N1. The monoisotopic (exact) mass is 246 g/mol. The molecule has 0 aliphatic carbocycles. The van der Waals surface area contributed by atoms with Gasteiger partial charge in [0.2, 0.25) is 0 Å². The second-order valence-electron chi connectivity index (χ2n) is 4.26. The normalized spacial score (nSPS) is 32.0. The molecule has 2 fully saturated rings. The summed E-state index contributed by atoms with van der Waals surface area (Å²) in [4.78, 5) is 21.5. The summed E-state index contributed by atoms with van der Waals surface area (Å²) in [5.74, 6) is 0.236. The molecule has 2 heterocycles. The van der Waals surface area contributed by atoms with Crippen molar-refractivity contribution < 1.29 is 14.7 Å². The number of thioether (sulfide) groups is 1. The second kappa shape index (κ2) is 4.95. The average molecular weight is 246 g/mol. The van der Waals surface area contributed by atoms with E-state index in [0.717, 1.165) is 25.0 Å². The first-order valence-corrected chi connectivity index (χ1v) is 6.62. The van der Waals surface area contributed by atoms with E-state index >= 15 is 0 Å². The number of unbranched alkanes of at least 4 members (excludes halogenated alkanes) is 1. The number of fused-ring (bicyclic) bond motifs is 1. The third-order valence-electron chi connectivity index (χ3n) is 3.07. The molecule has 3 N–H and O–H groups in total. The van der Waals surface area contributed by atoms with Crippen molar-refractivity contribution in [3.8, 4) is 0 Å². The van der Waals surface area contributed by atoms with Crippen LogP contribution >= 0.6 is 11.8 Å². The molecule has 2 saturated heterocycles. The molecule has 2 aliphatic heterocycles. The van der Waals surface area contributed by atoms with Crippen LogP contribution in [0.1, 0.15) is 25.7 Å². The van der Waals surface area contributed by atoms with Crippen LogP contribution < -0.4 is 10.6 Å². The molecule has 0 aromatic carbocycles. The molecule has 0 spiro atoms. The van der Waals surface area contributed by atoms with Crippen molar-refractivity contribution in [2.24, 2.45) is 0 Å². The van der Waals surface area contributed by atoms with Crippen molar-refractivity contribution in [3.05, 3.63) is 0 Å². The largest absolute Gasteiger partial charge is 0.481 e. The van der Waals surface area contributed by atoms with Crippen LogP contribution in [0.2, 0.25) is 0 Å². The van der Waals surface area contributed by atoms with Gasteiger partial charge in [0, 0.05) is 17.4 Å². The smallest absolute Gasteiger partial charge is 0.315 e. The number of carbonyl (C=O) groups excluding carboxylic acids is 1. The Labute approximate surface area is 98.4 Å². The molecule has 2 rings (SSSR count). The molecule has 0 radical (unpaired) electrons. The second-order valence-corrected chi connectivity index (χ2v) is 5.53. The fourth-order valence-corrected chi connectivity index (χ4v) is 3.81. The van der Waals surface area contributed by atoms with Crippen molar-refractivity contribution in [2.45, 2.75) is 43.0 Å². The van der Waals surface area contributed by atoms with E-state index < -0.39 is 5.97 Å². The Morgan fingerprint density at radius 1 is 1.44 bits per heavy atom. The van der Waals surface area contributed by atoms with E-state index in [1.54, 1.807) is 0 Å². The maximum atomic E-state index is 11.1. The number of carboxylic acids is 1. The average Bonchev–Trinajstić information content (AvgIpc) is 2.72.